The standard InChI is InChI=1S/C18H16FN5O/c19-13-9-24(18-6-5-12(7-20)8-21-18)10-16(13)25-11-17-22-14-3-1-2-4-15(14)23-17/h1-6,8,13,16H,9-11H2,(H,22,23). The van der Waals surface area contributed by atoms with Gasteiger partial charge in [0.25, 0.3) is 0 Å². The zero-order valence-corrected chi connectivity index (χ0v) is 13.4. The molecule has 1 fully saturated rings. The van der Waals surface area contributed by atoms with Gasteiger partial charge in [-0.2, -0.15) is 5.26 Å². The van der Waals surface area contributed by atoms with Crippen LogP contribution in [0.25, 0.3) is 11.0 Å². The predicted octanol–water partition coefficient (Wildman–Crippen LogP) is 2.57. The summed E-state index contributed by atoms with van der Waals surface area (Å²) in [7, 11) is 0. The van der Waals surface area contributed by atoms with Crippen molar-refractivity contribution in [2.75, 3.05) is 18.0 Å². The van der Waals surface area contributed by atoms with E-state index < -0.39 is 12.3 Å². The number of fused-ring (bicyclic) bond motifs is 1. The van der Waals surface area contributed by atoms with E-state index in [0.717, 1.165) is 11.0 Å². The molecule has 126 valence electrons. The average molecular weight is 337 g/mol. The Balaban J connectivity index is 1.40. The van der Waals surface area contributed by atoms with E-state index in [1.807, 2.05) is 35.2 Å². The highest BCUT2D eigenvalue weighted by atomic mass is 19.1. The lowest BCUT2D eigenvalue weighted by Gasteiger charge is -2.16. The van der Waals surface area contributed by atoms with E-state index in [2.05, 4.69) is 15.0 Å². The second-order valence-electron chi connectivity index (χ2n) is 5.99. The minimum atomic E-state index is -1.10. The number of nitriles is 1. The van der Waals surface area contributed by atoms with Gasteiger partial charge in [0.15, 0.2) is 0 Å². The van der Waals surface area contributed by atoms with Crippen LogP contribution in [0, 0.1) is 11.3 Å². The van der Waals surface area contributed by atoms with Gasteiger partial charge in [0.2, 0.25) is 0 Å². The van der Waals surface area contributed by atoms with Crippen molar-refractivity contribution in [3.8, 4) is 6.07 Å². The highest BCUT2D eigenvalue weighted by Gasteiger charge is 2.34. The number of imidazole rings is 1. The van der Waals surface area contributed by atoms with Crippen molar-refractivity contribution in [3.05, 3.63) is 54.0 Å². The summed E-state index contributed by atoms with van der Waals surface area (Å²) in [6, 6.07) is 13.1. The molecule has 3 aromatic rings. The second-order valence-corrected chi connectivity index (χ2v) is 5.99. The molecular formula is C18H16FN5O. The highest BCUT2D eigenvalue weighted by molar-refractivity contribution is 5.74. The number of aromatic nitrogens is 3. The molecule has 1 N–H and O–H groups in total. The number of anilines is 1. The number of benzene rings is 1. The van der Waals surface area contributed by atoms with Gasteiger partial charge in [0.1, 0.15) is 36.6 Å². The molecule has 0 bridgehead atoms. The third-order valence-electron chi connectivity index (χ3n) is 4.27. The molecule has 0 radical (unpaired) electrons. The fourth-order valence-corrected chi connectivity index (χ4v) is 2.98. The number of nitrogens with zero attached hydrogens (tertiary/aromatic N) is 4. The van der Waals surface area contributed by atoms with Gasteiger partial charge < -0.3 is 14.6 Å². The lowest BCUT2D eigenvalue weighted by atomic mass is 10.3. The quantitative estimate of drug-likeness (QED) is 0.792. The first-order chi connectivity index (χ1) is 12.2. The molecule has 0 spiro atoms. The summed E-state index contributed by atoms with van der Waals surface area (Å²) in [4.78, 5) is 13.6. The predicted molar refractivity (Wildman–Crippen MR) is 90.7 cm³/mol. The van der Waals surface area contributed by atoms with Gasteiger partial charge in [-0.3, -0.25) is 0 Å². The van der Waals surface area contributed by atoms with Crippen molar-refractivity contribution in [1.82, 2.24) is 15.0 Å². The Morgan fingerprint density at radius 3 is 2.92 bits per heavy atom. The van der Waals surface area contributed by atoms with Crippen LogP contribution in [-0.4, -0.2) is 40.3 Å². The van der Waals surface area contributed by atoms with Crippen LogP contribution in [0.1, 0.15) is 11.4 Å². The lowest BCUT2D eigenvalue weighted by Crippen LogP contribution is -2.25. The Bertz CT molecular complexity index is 884. The molecule has 1 aliphatic heterocycles. The summed E-state index contributed by atoms with van der Waals surface area (Å²) < 4.78 is 20.0. The molecule has 1 aliphatic rings. The van der Waals surface area contributed by atoms with Gasteiger partial charge in [0, 0.05) is 12.7 Å². The van der Waals surface area contributed by atoms with Crippen LogP contribution in [-0.2, 0) is 11.3 Å². The number of halogens is 1. The summed E-state index contributed by atoms with van der Waals surface area (Å²) in [5.74, 6) is 1.33. The van der Waals surface area contributed by atoms with Crippen LogP contribution < -0.4 is 4.90 Å². The number of hydrogen-bond acceptors (Lipinski definition) is 5. The maximum absolute atomic E-state index is 14.3. The van der Waals surface area contributed by atoms with E-state index in [1.165, 1.54) is 6.20 Å². The molecule has 0 aliphatic carbocycles. The van der Waals surface area contributed by atoms with Crippen LogP contribution >= 0.6 is 0 Å². The number of alkyl halides is 1. The van der Waals surface area contributed by atoms with E-state index in [4.69, 9.17) is 10.00 Å². The largest absolute Gasteiger partial charge is 0.365 e. The van der Waals surface area contributed by atoms with E-state index in [1.54, 1.807) is 12.1 Å². The Hall–Kier alpha value is -2.98. The third kappa shape index (κ3) is 3.16. The first kappa shape index (κ1) is 15.5. The average Bonchev–Trinajstić information content (AvgIpc) is 3.23. The van der Waals surface area contributed by atoms with Crippen molar-refractivity contribution in [1.29, 1.82) is 5.26 Å². The number of rotatable bonds is 4. The zero-order valence-electron chi connectivity index (χ0n) is 13.4. The maximum atomic E-state index is 14.3. The molecule has 3 heterocycles. The van der Waals surface area contributed by atoms with Gasteiger partial charge in [-0.1, -0.05) is 12.1 Å². The van der Waals surface area contributed by atoms with Crippen molar-refractivity contribution in [3.63, 3.8) is 0 Å². The fraction of sp³-hybridized carbons (Fsp3) is 0.278. The van der Waals surface area contributed by atoms with Crippen LogP contribution in [0.2, 0.25) is 0 Å². The Morgan fingerprint density at radius 1 is 1.28 bits per heavy atom. The number of hydrogen-bond donors (Lipinski definition) is 1. The van der Waals surface area contributed by atoms with Crippen molar-refractivity contribution < 1.29 is 9.13 Å². The number of ether oxygens (including phenoxy) is 1. The van der Waals surface area contributed by atoms with Gasteiger partial charge >= 0.3 is 0 Å². The van der Waals surface area contributed by atoms with Crippen molar-refractivity contribution in [2.45, 2.75) is 18.9 Å². The van der Waals surface area contributed by atoms with Crippen LogP contribution in [0.3, 0.4) is 0 Å². The summed E-state index contributed by atoms with van der Waals surface area (Å²) in [5, 5.41) is 8.82. The first-order valence-corrected chi connectivity index (χ1v) is 8.03. The zero-order chi connectivity index (χ0) is 17.2. The Labute approximate surface area is 143 Å². The number of H-pyrrole nitrogens is 1. The molecule has 4 rings (SSSR count). The number of aromatic amines is 1. The molecule has 1 saturated heterocycles. The topological polar surface area (TPSA) is 77.8 Å². The summed E-state index contributed by atoms with van der Waals surface area (Å²) in [6.45, 7) is 0.873. The Morgan fingerprint density at radius 2 is 2.16 bits per heavy atom. The first-order valence-electron chi connectivity index (χ1n) is 8.03. The molecular weight excluding hydrogens is 321 g/mol. The van der Waals surface area contributed by atoms with E-state index in [0.29, 0.717) is 23.8 Å². The molecule has 2 aromatic heterocycles. The monoisotopic (exact) mass is 337 g/mol. The normalized spacial score (nSPS) is 20.1. The van der Waals surface area contributed by atoms with Gasteiger partial charge in [-0.15, -0.1) is 0 Å². The minimum absolute atomic E-state index is 0.226. The molecule has 6 nitrogen and oxygen atoms in total. The number of para-hydroxylation sites is 2. The third-order valence-corrected chi connectivity index (χ3v) is 4.27. The summed E-state index contributed by atoms with van der Waals surface area (Å²) in [5.41, 5.74) is 2.29. The Kier molecular flexibility index (Phi) is 4.04. The second kappa shape index (κ2) is 6.49. The lowest BCUT2D eigenvalue weighted by molar-refractivity contribution is 0.0115. The summed E-state index contributed by atoms with van der Waals surface area (Å²) >= 11 is 0. The summed E-state index contributed by atoms with van der Waals surface area (Å²) in [6.07, 6.45) is -0.141. The maximum Gasteiger partial charge on any atom is 0.145 e. The van der Waals surface area contributed by atoms with Gasteiger partial charge in [0.05, 0.1) is 23.1 Å². The molecule has 2 atom stereocenters. The van der Waals surface area contributed by atoms with Crippen molar-refractivity contribution in [2.24, 2.45) is 0 Å². The molecule has 25 heavy (non-hydrogen) atoms. The molecule has 0 saturated carbocycles. The van der Waals surface area contributed by atoms with Crippen molar-refractivity contribution >= 4 is 16.9 Å². The molecule has 2 unspecified atom stereocenters. The van der Waals surface area contributed by atoms with Crippen LogP contribution in [0.15, 0.2) is 42.6 Å². The van der Waals surface area contributed by atoms with Gasteiger partial charge in [-0.05, 0) is 24.3 Å². The van der Waals surface area contributed by atoms with Crippen LogP contribution in [0.4, 0.5) is 10.2 Å². The number of nitrogens with one attached hydrogen (secondary N) is 1. The SMILES string of the molecule is N#Cc1ccc(N2CC(F)C(OCc3nc4ccccc4[nH]3)C2)nc1. The fourth-order valence-electron chi connectivity index (χ4n) is 2.98. The van der Waals surface area contributed by atoms with Crippen LogP contribution in [0.5, 0.6) is 0 Å². The minimum Gasteiger partial charge on any atom is -0.365 e. The van der Waals surface area contributed by atoms with E-state index >= 15 is 0 Å². The number of pyridine rings is 1. The highest BCUT2D eigenvalue weighted by Crippen LogP contribution is 2.23. The molecule has 0 amide bonds. The van der Waals surface area contributed by atoms with Gasteiger partial charge in [-0.25, -0.2) is 14.4 Å². The van der Waals surface area contributed by atoms with E-state index in [9.17, 15) is 4.39 Å². The van der Waals surface area contributed by atoms with E-state index in [-0.39, 0.29) is 13.2 Å². The molecule has 7 heteroatoms. The smallest absolute Gasteiger partial charge is 0.145 e. The molecule has 1 aromatic carbocycles.